The van der Waals surface area contributed by atoms with Crippen LogP contribution in [-0.4, -0.2) is 41.2 Å². The number of nitrogens with one attached hydrogen (secondary N) is 1. The molecule has 0 spiro atoms. The Morgan fingerprint density at radius 1 is 1.15 bits per heavy atom. The van der Waals surface area contributed by atoms with E-state index in [0.717, 1.165) is 17.7 Å². The number of amides is 3. The maximum Gasteiger partial charge on any atom is 0.329 e. The lowest BCUT2D eigenvalue weighted by atomic mass is 9.81. The Kier molecular flexibility index (Phi) is 5.79. The summed E-state index contributed by atoms with van der Waals surface area (Å²) in [5.41, 5.74) is 0.516. The van der Waals surface area contributed by atoms with Crippen molar-refractivity contribution in [1.82, 2.24) is 4.90 Å². The molecule has 1 heterocycles. The minimum atomic E-state index is -1.04. The topological polar surface area (TPSA) is 92.8 Å². The van der Waals surface area contributed by atoms with Gasteiger partial charge in [-0.15, -0.1) is 0 Å². The van der Waals surface area contributed by atoms with Gasteiger partial charge in [0.15, 0.2) is 6.61 Å². The van der Waals surface area contributed by atoms with Crippen LogP contribution in [0.5, 0.6) is 0 Å². The van der Waals surface area contributed by atoms with Gasteiger partial charge in [0, 0.05) is 10.7 Å². The van der Waals surface area contributed by atoms with Crippen molar-refractivity contribution in [3.8, 4) is 0 Å². The molecule has 7 nitrogen and oxygen atoms in total. The van der Waals surface area contributed by atoms with Gasteiger partial charge in [0.25, 0.3) is 5.91 Å². The highest BCUT2D eigenvalue weighted by Gasteiger charge is 2.51. The number of anilines is 1. The summed E-state index contributed by atoms with van der Waals surface area (Å²) < 4.78 is 5.00. The summed E-state index contributed by atoms with van der Waals surface area (Å²) >= 11 is 5.78. The summed E-state index contributed by atoms with van der Waals surface area (Å²) in [5, 5.41) is 3.10. The molecule has 1 N–H and O–H groups in total. The average Bonchev–Trinajstić information content (AvgIpc) is 2.92. The maximum absolute atomic E-state index is 12.5. The first-order chi connectivity index (χ1) is 12.9. The van der Waals surface area contributed by atoms with Crippen LogP contribution in [-0.2, 0) is 23.9 Å². The standard InChI is InChI=1S/C19H21ClN2O5/c1-11(22-17(24)14-4-2-3-5-15(14)18(22)25)19(26)27-10-16(23)21-13-8-6-12(20)7-9-13/h6-9,11,14-15H,2-5,10H2,1H3,(H,21,23)/t11-,14+,15+/m0/s1. The van der Waals surface area contributed by atoms with Gasteiger partial charge < -0.3 is 10.1 Å². The van der Waals surface area contributed by atoms with Gasteiger partial charge in [-0.25, -0.2) is 4.79 Å². The Morgan fingerprint density at radius 3 is 2.26 bits per heavy atom. The van der Waals surface area contributed by atoms with E-state index in [1.54, 1.807) is 24.3 Å². The van der Waals surface area contributed by atoms with Gasteiger partial charge >= 0.3 is 5.97 Å². The lowest BCUT2D eigenvalue weighted by Crippen LogP contribution is -2.45. The Balaban J connectivity index is 1.54. The summed E-state index contributed by atoms with van der Waals surface area (Å²) in [6.45, 7) is 0.946. The van der Waals surface area contributed by atoms with Crippen molar-refractivity contribution < 1.29 is 23.9 Å². The zero-order valence-corrected chi connectivity index (χ0v) is 15.7. The van der Waals surface area contributed by atoms with Gasteiger partial charge in [-0.1, -0.05) is 24.4 Å². The summed E-state index contributed by atoms with van der Waals surface area (Å²) in [4.78, 5) is 50.2. The quantitative estimate of drug-likeness (QED) is 0.613. The lowest BCUT2D eigenvalue weighted by molar-refractivity contribution is -0.159. The molecule has 144 valence electrons. The van der Waals surface area contributed by atoms with Crippen LogP contribution in [0, 0.1) is 11.8 Å². The van der Waals surface area contributed by atoms with Crippen LogP contribution in [0.4, 0.5) is 5.69 Å². The minimum Gasteiger partial charge on any atom is -0.454 e. The fourth-order valence-electron chi connectivity index (χ4n) is 3.66. The highest BCUT2D eigenvalue weighted by Crippen LogP contribution is 2.38. The van der Waals surface area contributed by atoms with Crippen LogP contribution >= 0.6 is 11.6 Å². The van der Waals surface area contributed by atoms with E-state index in [1.165, 1.54) is 6.92 Å². The second-order valence-corrected chi connectivity index (χ2v) is 7.32. The van der Waals surface area contributed by atoms with Gasteiger partial charge in [0.1, 0.15) is 6.04 Å². The molecule has 1 saturated heterocycles. The number of ether oxygens (including phenoxy) is 1. The normalized spacial score (nSPS) is 23.0. The lowest BCUT2D eigenvalue weighted by Gasteiger charge is -2.21. The van der Waals surface area contributed by atoms with E-state index < -0.39 is 24.5 Å². The molecular weight excluding hydrogens is 372 g/mol. The molecule has 27 heavy (non-hydrogen) atoms. The van der Waals surface area contributed by atoms with Gasteiger partial charge in [-0.05, 0) is 44.0 Å². The second kappa shape index (κ2) is 8.08. The summed E-state index contributed by atoms with van der Waals surface area (Å²) in [6.07, 6.45) is 3.18. The zero-order chi connectivity index (χ0) is 19.6. The van der Waals surface area contributed by atoms with E-state index in [4.69, 9.17) is 16.3 Å². The predicted molar refractivity (Wildman–Crippen MR) is 97.8 cm³/mol. The number of rotatable bonds is 5. The number of imide groups is 1. The number of esters is 1. The van der Waals surface area contributed by atoms with Crippen molar-refractivity contribution in [2.45, 2.75) is 38.6 Å². The molecule has 1 aromatic rings. The molecule has 8 heteroatoms. The molecule has 1 aliphatic carbocycles. The van der Waals surface area contributed by atoms with E-state index in [0.29, 0.717) is 23.6 Å². The molecule has 2 fully saturated rings. The molecular formula is C19H21ClN2O5. The first-order valence-corrected chi connectivity index (χ1v) is 9.35. The number of benzene rings is 1. The van der Waals surface area contributed by atoms with E-state index in [-0.39, 0.29) is 23.7 Å². The third-order valence-electron chi connectivity index (χ3n) is 5.08. The molecule has 0 radical (unpaired) electrons. The number of fused-ring (bicyclic) bond motifs is 1. The van der Waals surface area contributed by atoms with Crippen molar-refractivity contribution in [3.63, 3.8) is 0 Å². The number of carbonyl (C=O) groups excluding carboxylic acids is 4. The zero-order valence-electron chi connectivity index (χ0n) is 14.9. The number of likely N-dealkylation sites (tertiary alicyclic amines) is 1. The van der Waals surface area contributed by atoms with Gasteiger partial charge in [0.2, 0.25) is 11.8 Å². The van der Waals surface area contributed by atoms with Gasteiger partial charge in [0.05, 0.1) is 11.8 Å². The predicted octanol–water partition coefficient (Wildman–Crippen LogP) is 2.39. The molecule has 3 rings (SSSR count). The average molecular weight is 393 g/mol. The van der Waals surface area contributed by atoms with Gasteiger partial charge in [-0.3, -0.25) is 19.3 Å². The first kappa shape index (κ1) is 19.4. The number of hydrogen-bond acceptors (Lipinski definition) is 5. The Morgan fingerprint density at radius 2 is 1.70 bits per heavy atom. The fraction of sp³-hybridized carbons (Fsp3) is 0.474. The van der Waals surface area contributed by atoms with Crippen LogP contribution in [0.15, 0.2) is 24.3 Å². The number of halogens is 1. The van der Waals surface area contributed by atoms with Crippen LogP contribution in [0.25, 0.3) is 0 Å². The van der Waals surface area contributed by atoms with Crippen molar-refractivity contribution in [2.75, 3.05) is 11.9 Å². The molecule has 2 aliphatic rings. The molecule has 1 aromatic carbocycles. The second-order valence-electron chi connectivity index (χ2n) is 6.88. The number of hydrogen-bond donors (Lipinski definition) is 1. The minimum absolute atomic E-state index is 0.306. The van der Waals surface area contributed by atoms with E-state index in [1.807, 2.05) is 0 Å². The maximum atomic E-state index is 12.5. The van der Waals surface area contributed by atoms with Crippen molar-refractivity contribution in [3.05, 3.63) is 29.3 Å². The van der Waals surface area contributed by atoms with E-state index in [9.17, 15) is 19.2 Å². The van der Waals surface area contributed by atoms with E-state index in [2.05, 4.69) is 5.32 Å². The molecule has 1 saturated carbocycles. The number of carbonyl (C=O) groups is 4. The summed E-state index contributed by atoms with van der Waals surface area (Å²) in [5.74, 6) is -2.56. The Hall–Kier alpha value is -2.41. The molecule has 0 unspecified atom stereocenters. The molecule has 3 amide bonds. The first-order valence-electron chi connectivity index (χ1n) is 8.97. The Labute approximate surface area is 162 Å². The third-order valence-corrected chi connectivity index (χ3v) is 5.33. The highest BCUT2D eigenvalue weighted by molar-refractivity contribution is 6.30. The van der Waals surface area contributed by atoms with E-state index >= 15 is 0 Å². The Bertz CT molecular complexity index is 740. The van der Waals surface area contributed by atoms with Crippen LogP contribution in [0.3, 0.4) is 0 Å². The number of nitrogens with zero attached hydrogens (tertiary/aromatic N) is 1. The summed E-state index contributed by atoms with van der Waals surface area (Å²) in [7, 11) is 0. The largest absolute Gasteiger partial charge is 0.454 e. The van der Waals surface area contributed by atoms with Crippen molar-refractivity contribution >= 4 is 41.0 Å². The monoisotopic (exact) mass is 392 g/mol. The molecule has 0 aromatic heterocycles. The smallest absolute Gasteiger partial charge is 0.329 e. The third kappa shape index (κ3) is 4.13. The molecule has 1 aliphatic heterocycles. The van der Waals surface area contributed by atoms with Gasteiger partial charge in [-0.2, -0.15) is 0 Å². The van der Waals surface area contributed by atoms with Crippen molar-refractivity contribution in [1.29, 1.82) is 0 Å². The van der Waals surface area contributed by atoms with Crippen LogP contribution in [0.2, 0.25) is 5.02 Å². The van der Waals surface area contributed by atoms with Crippen LogP contribution in [0.1, 0.15) is 32.6 Å². The fourth-order valence-corrected chi connectivity index (χ4v) is 3.79. The molecule has 3 atom stereocenters. The van der Waals surface area contributed by atoms with Crippen molar-refractivity contribution in [2.24, 2.45) is 11.8 Å². The van der Waals surface area contributed by atoms with Crippen LogP contribution < -0.4 is 5.32 Å². The molecule has 0 bridgehead atoms. The summed E-state index contributed by atoms with van der Waals surface area (Å²) in [6, 6.07) is 5.44. The highest BCUT2D eigenvalue weighted by atomic mass is 35.5. The SMILES string of the molecule is C[C@@H](C(=O)OCC(=O)Nc1ccc(Cl)cc1)N1C(=O)[C@@H]2CCCC[C@H]2C1=O.